The molecule has 0 radical (unpaired) electrons. The monoisotopic (exact) mass is 332 g/mol. The van der Waals surface area contributed by atoms with Crippen LogP contribution in [-0.4, -0.2) is 31.5 Å². The van der Waals surface area contributed by atoms with Crippen LogP contribution in [0.15, 0.2) is 59.4 Å². The minimum Gasteiger partial charge on any atom is -0.502 e. The van der Waals surface area contributed by atoms with Gasteiger partial charge in [0, 0.05) is 18.3 Å². The zero-order valence-electron chi connectivity index (χ0n) is 12.2. The third-order valence-corrected chi connectivity index (χ3v) is 6.17. The summed E-state index contributed by atoms with van der Waals surface area (Å²) in [6.45, 7) is 0. The number of nitrogens with two attached hydrogens (primary N) is 1. The Labute approximate surface area is 132 Å². The Kier molecular flexibility index (Phi) is 3.24. The van der Waals surface area contributed by atoms with Crippen LogP contribution >= 0.6 is 0 Å². The predicted octanol–water partition coefficient (Wildman–Crippen LogP) is 1.13. The summed E-state index contributed by atoms with van der Waals surface area (Å²) in [6, 6.07) is 9.44. The molecule has 1 amide bonds. The third kappa shape index (κ3) is 1.89. The number of aliphatic hydroxyl groups excluding tert-OH is 1. The molecular weight excluding hydrogens is 318 g/mol. The number of hydrogen-bond acceptors (Lipinski definition) is 5. The van der Waals surface area contributed by atoms with E-state index in [1.807, 2.05) is 0 Å². The van der Waals surface area contributed by atoms with Crippen molar-refractivity contribution in [2.45, 2.75) is 4.90 Å². The van der Waals surface area contributed by atoms with Crippen molar-refractivity contribution >= 4 is 27.4 Å². The van der Waals surface area contributed by atoms with Crippen molar-refractivity contribution in [3.63, 3.8) is 0 Å². The second kappa shape index (κ2) is 4.90. The summed E-state index contributed by atoms with van der Waals surface area (Å²) in [5, 5.41) is 10.5. The molecule has 7 nitrogen and oxygen atoms in total. The molecule has 1 aromatic heterocycles. The van der Waals surface area contributed by atoms with Gasteiger partial charge in [-0.2, -0.15) is 8.42 Å². The first kappa shape index (κ1) is 15.2. The molecule has 2 heterocycles. The second-order valence-electron chi connectivity index (χ2n) is 5.17. The molecular formula is C15H14N3O4S+. The predicted molar refractivity (Wildman–Crippen MR) is 84.3 cm³/mol. The molecule has 3 N–H and O–H groups in total. The summed E-state index contributed by atoms with van der Waals surface area (Å²) in [4.78, 5) is 15.6. The quantitative estimate of drug-likeness (QED) is 0.801. The SMILES string of the molecule is C[N+]1(c2ccccc2)C(C(N)=O)=C(O)c2ccncc2S1(=O)=O. The summed E-state index contributed by atoms with van der Waals surface area (Å²) in [7, 11) is -2.80. The van der Waals surface area contributed by atoms with E-state index >= 15 is 0 Å². The Balaban J connectivity index is 2.49. The van der Waals surface area contributed by atoms with Gasteiger partial charge in [0.1, 0.15) is 0 Å². The molecule has 2 aromatic rings. The van der Waals surface area contributed by atoms with Crippen LogP contribution in [0.3, 0.4) is 0 Å². The summed E-state index contributed by atoms with van der Waals surface area (Å²) < 4.78 is 25.4. The van der Waals surface area contributed by atoms with Gasteiger partial charge in [0.05, 0.1) is 18.8 Å². The van der Waals surface area contributed by atoms with Crippen LogP contribution in [0.2, 0.25) is 0 Å². The first-order valence-corrected chi connectivity index (χ1v) is 8.11. The molecule has 1 aliphatic rings. The van der Waals surface area contributed by atoms with Gasteiger partial charge in [-0.1, -0.05) is 18.2 Å². The minimum atomic E-state index is -4.11. The fourth-order valence-corrected chi connectivity index (χ4v) is 4.58. The number of aliphatic hydroxyl groups is 1. The lowest BCUT2D eigenvalue weighted by Crippen LogP contribution is -2.55. The Morgan fingerprint density at radius 2 is 1.87 bits per heavy atom. The van der Waals surface area contributed by atoms with Crippen LogP contribution in [0.5, 0.6) is 0 Å². The van der Waals surface area contributed by atoms with Crippen LogP contribution in [0.1, 0.15) is 5.56 Å². The van der Waals surface area contributed by atoms with E-state index in [4.69, 9.17) is 5.73 Å². The van der Waals surface area contributed by atoms with E-state index in [-0.39, 0.29) is 16.1 Å². The molecule has 0 saturated heterocycles. The van der Waals surface area contributed by atoms with Gasteiger partial charge in [-0.3, -0.25) is 9.78 Å². The number of amides is 1. The molecule has 118 valence electrons. The summed E-state index contributed by atoms with van der Waals surface area (Å²) in [5.41, 5.74) is 5.28. The number of primary amides is 1. The average Bonchev–Trinajstić information content (AvgIpc) is 2.54. The maximum absolute atomic E-state index is 13.2. The fraction of sp³-hybridized carbons (Fsp3) is 0.0667. The maximum atomic E-state index is 13.2. The fourth-order valence-electron chi connectivity index (χ4n) is 2.73. The van der Waals surface area contributed by atoms with E-state index in [2.05, 4.69) is 4.98 Å². The van der Waals surface area contributed by atoms with Crippen molar-refractivity contribution in [2.24, 2.45) is 5.73 Å². The van der Waals surface area contributed by atoms with Crippen molar-refractivity contribution in [1.82, 2.24) is 8.87 Å². The molecule has 8 heteroatoms. The number of carbonyl (C=O) groups is 1. The molecule has 0 bridgehead atoms. The van der Waals surface area contributed by atoms with Crippen LogP contribution in [-0.2, 0) is 14.8 Å². The smallest absolute Gasteiger partial charge is 0.339 e. The van der Waals surface area contributed by atoms with Gasteiger partial charge < -0.3 is 10.8 Å². The highest BCUT2D eigenvalue weighted by atomic mass is 32.2. The van der Waals surface area contributed by atoms with Gasteiger partial charge in [-0.05, 0) is 6.07 Å². The van der Waals surface area contributed by atoms with Gasteiger partial charge in [0.15, 0.2) is 16.3 Å². The number of hydrogen-bond donors (Lipinski definition) is 2. The normalized spacial score (nSPS) is 22.5. The van der Waals surface area contributed by atoms with E-state index < -0.39 is 31.3 Å². The van der Waals surface area contributed by atoms with Gasteiger partial charge in [0.2, 0.25) is 0 Å². The molecule has 1 atom stereocenters. The van der Waals surface area contributed by atoms with E-state index in [0.717, 1.165) is 6.20 Å². The number of nitrogens with zero attached hydrogens (tertiary/aromatic N) is 2. The number of carbonyl (C=O) groups excluding carboxylic acids is 1. The Morgan fingerprint density at radius 1 is 1.22 bits per heavy atom. The lowest BCUT2D eigenvalue weighted by Gasteiger charge is -2.35. The maximum Gasteiger partial charge on any atom is 0.339 e. The number of aromatic nitrogens is 1. The summed E-state index contributed by atoms with van der Waals surface area (Å²) in [6.07, 6.45) is 2.49. The van der Waals surface area contributed by atoms with Crippen LogP contribution < -0.4 is 9.62 Å². The Bertz CT molecular complexity index is 938. The number of quaternary nitrogens is 1. The molecule has 0 spiro atoms. The van der Waals surface area contributed by atoms with Crippen LogP contribution in [0.25, 0.3) is 5.76 Å². The largest absolute Gasteiger partial charge is 0.502 e. The molecule has 1 aliphatic heterocycles. The lowest BCUT2D eigenvalue weighted by molar-refractivity contribution is -0.115. The molecule has 0 aliphatic carbocycles. The Morgan fingerprint density at radius 3 is 2.48 bits per heavy atom. The molecule has 0 fully saturated rings. The van der Waals surface area contributed by atoms with Gasteiger partial charge in [-0.25, -0.2) is 0 Å². The molecule has 0 saturated carbocycles. The number of benzene rings is 1. The van der Waals surface area contributed by atoms with Crippen LogP contribution in [0, 0.1) is 0 Å². The topological polar surface area (TPSA) is 110 Å². The average molecular weight is 332 g/mol. The van der Waals surface area contributed by atoms with Crippen LogP contribution in [0.4, 0.5) is 5.69 Å². The van der Waals surface area contributed by atoms with Crippen molar-refractivity contribution < 1.29 is 18.3 Å². The molecule has 3 rings (SSSR count). The first-order chi connectivity index (χ1) is 10.8. The number of para-hydroxylation sites is 1. The highest BCUT2D eigenvalue weighted by Gasteiger charge is 2.54. The second-order valence-corrected chi connectivity index (χ2v) is 7.29. The first-order valence-electron chi connectivity index (χ1n) is 6.67. The Hall–Kier alpha value is -2.71. The standard InChI is InChI=1S/C15H13N3O4S/c1-18(10-5-3-2-4-6-10)13(15(16)20)14(19)11-7-8-17-9-12(11)23(18,21)22/h2-9H,1H3,(H2-,16,19,20)/p+1. The van der Waals surface area contributed by atoms with Crippen molar-refractivity contribution in [3.8, 4) is 0 Å². The van der Waals surface area contributed by atoms with Gasteiger partial charge >= 0.3 is 15.9 Å². The van der Waals surface area contributed by atoms with Gasteiger partial charge in [0.25, 0.3) is 5.70 Å². The van der Waals surface area contributed by atoms with E-state index in [0.29, 0.717) is 0 Å². The third-order valence-electron chi connectivity index (χ3n) is 3.93. The molecule has 1 unspecified atom stereocenters. The number of likely N-dealkylation sites (N-methyl/N-ethyl adjacent to an activating group) is 1. The molecule has 1 aromatic carbocycles. The van der Waals surface area contributed by atoms with Gasteiger partial charge in [-0.15, -0.1) is 3.89 Å². The zero-order valence-corrected chi connectivity index (χ0v) is 13.0. The highest BCUT2D eigenvalue weighted by molar-refractivity contribution is 7.91. The summed E-state index contributed by atoms with van der Waals surface area (Å²) in [5.74, 6) is -1.48. The minimum absolute atomic E-state index is 0.0142. The van der Waals surface area contributed by atoms with Crippen molar-refractivity contribution in [2.75, 3.05) is 7.05 Å². The number of sulfonamides is 1. The van der Waals surface area contributed by atoms with E-state index in [9.17, 15) is 18.3 Å². The lowest BCUT2D eigenvalue weighted by atomic mass is 10.1. The highest BCUT2D eigenvalue weighted by Crippen LogP contribution is 2.43. The zero-order chi connectivity index (χ0) is 16.8. The van der Waals surface area contributed by atoms with Crippen molar-refractivity contribution in [1.29, 1.82) is 0 Å². The van der Waals surface area contributed by atoms with Crippen molar-refractivity contribution in [3.05, 3.63) is 60.1 Å². The number of fused-ring (bicyclic) bond motifs is 1. The van der Waals surface area contributed by atoms with E-state index in [1.54, 1.807) is 30.3 Å². The number of pyridine rings is 1. The molecule has 23 heavy (non-hydrogen) atoms. The van der Waals surface area contributed by atoms with E-state index in [1.165, 1.54) is 19.3 Å². The number of rotatable bonds is 2. The summed E-state index contributed by atoms with van der Waals surface area (Å²) >= 11 is 0.